The maximum atomic E-state index is 12.9. The number of rotatable bonds is 3. The molecule has 0 N–H and O–H groups in total. The fraction of sp³-hybridized carbons (Fsp3) is 0.304. The number of ketones is 1. The number of nitrogens with zero attached hydrogens (tertiary/aromatic N) is 2. The van der Waals surface area contributed by atoms with Crippen molar-refractivity contribution in [1.82, 2.24) is 9.80 Å². The van der Waals surface area contributed by atoms with Gasteiger partial charge in [-0.25, -0.2) is 0 Å². The molecule has 8 nitrogen and oxygen atoms in total. The number of amides is 3. The molecule has 1 atom stereocenters. The molecule has 3 amide bonds. The molecule has 0 aromatic heterocycles. The summed E-state index contributed by atoms with van der Waals surface area (Å²) in [5.74, 6) is -0.273. The molecule has 8 heteroatoms. The van der Waals surface area contributed by atoms with Crippen LogP contribution in [0.5, 0.6) is 11.5 Å². The molecule has 0 bridgehead atoms. The number of carbonyl (C=O) groups is 4. The molecule has 3 aliphatic rings. The van der Waals surface area contributed by atoms with Gasteiger partial charge >= 0.3 is 0 Å². The molecule has 0 saturated carbocycles. The van der Waals surface area contributed by atoms with Gasteiger partial charge < -0.3 is 14.4 Å². The van der Waals surface area contributed by atoms with E-state index in [1.807, 2.05) is 0 Å². The topological polar surface area (TPSA) is 93.2 Å². The standard InChI is InChI=1S/C23H20N2O6/c1-30-14-6-7-19-17(10-14)18(26)11-23(31-19)8-9-24(13-23)20(27)12-25-21(28)15-4-2-3-5-16(15)22(25)29/h2-7,10H,8-9,11-13H2,1H3. The Morgan fingerprint density at radius 3 is 2.45 bits per heavy atom. The third kappa shape index (κ3) is 3.06. The Labute approximate surface area is 178 Å². The third-order valence-electron chi connectivity index (χ3n) is 6.14. The average Bonchev–Trinajstić information content (AvgIpc) is 3.28. The second-order valence-electron chi connectivity index (χ2n) is 8.05. The highest BCUT2D eigenvalue weighted by molar-refractivity contribution is 6.22. The van der Waals surface area contributed by atoms with Crippen molar-refractivity contribution in [2.24, 2.45) is 0 Å². The second kappa shape index (κ2) is 6.94. The lowest BCUT2D eigenvalue weighted by atomic mass is 9.89. The molecule has 2 aromatic rings. The molecule has 0 aliphatic carbocycles. The minimum Gasteiger partial charge on any atom is -0.497 e. The van der Waals surface area contributed by atoms with Crippen molar-refractivity contribution in [1.29, 1.82) is 0 Å². The summed E-state index contributed by atoms with van der Waals surface area (Å²) in [6.45, 7) is 0.289. The summed E-state index contributed by atoms with van der Waals surface area (Å²) in [4.78, 5) is 53.3. The number of methoxy groups -OCH3 is 1. The van der Waals surface area contributed by atoms with Gasteiger partial charge in [-0.3, -0.25) is 24.1 Å². The molecule has 158 valence electrons. The molecule has 1 fully saturated rings. The van der Waals surface area contributed by atoms with E-state index in [9.17, 15) is 19.2 Å². The zero-order valence-corrected chi connectivity index (χ0v) is 16.9. The Balaban J connectivity index is 1.30. The number of Topliss-reactive ketones (excluding diaryl/α,β-unsaturated/α-hetero) is 1. The lowest BCUT2D eigenvalue weighted by Gasteiger charge is -2.34. The highest BCUT2D eigenvalue weighted by Crippen LogP contribution is 2.40. The highest BCUT2D eigenvalue weighted by atomic mass is 16.5. The van der Waals surface area contributed by atoms with Crippen molar-refractivity contribution in [3.63, 3.8) is 0 Å². The summed E-state index contributed by atoms with van der Waals surface area (Å²) < 4.78 is 11.4. The molecule has 3 aliphatic heterocycles. The number of benzene rings is 2. The van der Waals surface area contributed by atoms with Crippen LogP contribution < -0.4 is 9.47 Å². The first kappa shape index (κ1) is 19.3. The summed E-state index contributed by atoms with van der Waals surface area (Å²) in [6.07, 6.45) is 0.655. The molecule has 2 aromatic carbocycles. The van der Waals surface area contributed by atoms with E-state index in [1.54, 1.807) is 47.4 Å². The van der Waals surface area contributed by atoms with Crippen LogP contribution in [-0.2, 0) is 4.79 Å². The lowest BCUT2D eigenvalue weighted by molar-refractivity contribution is -0.131. The van der Waals surface area contributed by atoms with Gasteiger partial charge in [-0.2, -0.15) is 0 Å². The van der Waals surface area contributed by atoms with E-state index in [-0.39, 0.29) is 31.2 Å². The number of hydrogen-bond acceptors (Lipinski definition) is 6. The highest BCUT2D eigenvalue weighted by Gasteiger charge is 2.48. The number of carbonyl (C=O) groups excluding carboxylic acids is 4. The van der Waals surface area contributed by atoms with E-state index in [0.717, 1.165) is 4.90 Å². The third-order valence-corrected chi connectivity index (χ3v) is 6.14. The zero-order chi connectivity index (χ0) is 21.8. The van der Waals surface area contributed by atoms with Gasteiger partial charge in [0.2, 0.25) is 5.91 Å². The second-order valence-corrected chi connectivity index (χ2v) is 8.05. The van der Waals surface area contributed by atoms with Crippen LogP contribution in [0.1, 0.15) is 43.9 Å². The summed E-state index contributed by atoms with van der Waals surface area (Å²) in [5.41, 5.74) is 0.301. The summed E-state index contributed by atoms with van der Waals surface area (Å²) in [6, 6.07) is 11.6. The molecule has 31 heavy (non-hydrogen) atoms. The van der Waals surface area contributed by atoms with E-state index < -0.39 is 17.4 Å². The van der Waals surface area contributed by atoms with Crippen LogP contribution in [0.3, 0.4) is 0 Å². The number of imide groups is 1. The van der Waals surface area contributed by atoms with Gasteiger partial charge in [0.15, 0.2) is 5.78 Å². The van der Waals surface area contributed by atoms with Crippen molar-refractivity contribution in [2.45, 2.75) is 18.4 Å². The average molecular weight is 420 g/mol. The van der Waals surface area contributed by atoms with Crippen LogP contribution in [0.15, 0.2) is 42.5 Å². The number of fused-ring (bicyclic) bond motifs is 2. The quantitative estimate of drug-likeness (QED) is 0.705. The smallest absolute Gasteiger partial charge is 0.262 e. The van der Waals surface area contributed by atoms with Gasteiger partial charge in [0.25, 0.3) is 11.8 Å². The van der Waals surface area contributed by atoms with Crippen LogP contribution >= 0.6 is 0 Å². The monoisotopic (exact) mass is 420 g/mol. The van der Waals surface area contributed by atoms with Crippen molar-refractivity contribution in [3.05, 3.63) is 59.2 Å². The van der Waals surface area contributed by atoms with Gasteiger partial charge in [-0.1, -0.05) is 12.1 Å². The predicted octanol–water partition coefficient (Wildman–Crippen LogP) is 1.93. The number of likely N-dealkylation sites (tertiary alicyclic amines) is 1. The summed E-state index contributed by atoms with van der Waals surface area (Å²) in [7, 11) is 1.53. The molecule has 1 spiro atoms. The molecule has 5 rings (SSSR count). The van der Waals surface area contributed by atoms with Gasteiger partial charge in [0.1, 0.15) is 23.6 Å². The Bertz CT molecular complexity index is 1110. The van der Waals surface area contributed by atoms with E-state index in [1.165, 1.54) is 7.11 Å². The largest absolute Gasteiger partial charge is 0.497 e. The van der Waals surface area contributed by atoms with Crippen LogP contribution in [0, 0.1) is 0 Å². The Kier molecular flexibility index (Phi) is 4.32. The first-order chi connectivity index (χ1) is 14.9. The summed E-state index contributed by atoms with van der Waals surface area (Å²) in [5, 5.41) is 0. The number of hydrogen-bond donors (Lipinski definition) is 0. The minimum absolute atomic E-state index is 0.0604. The van der Waals surface area contributed by atoms with E-state index in [0.29, 0.717) is 41.2 Å². The molecular formula is C23H20N2O6. The normalized spacial score (nSPS) is 21.9. The van der Waals surface area contributed by atoms with Crippen molar-refractivity contribution in [3.8, 4) is 11.5 Å². The Morgan fingerprint density at radius 2 is 1.77 bits per heavy atom. The van der Waals surface area contributed by atoms with Gasteiger partial charge in [-0.05, 0) is 30.3 Å². The SMILES string of the molecule is COc1ccc2c(c1)C(=O)CC1(CCN(C(=O)CN3C(=O)c4ccccc4C3=O)C1)O2. The first-order valence-corrected chi connectivity index (χ1v) is 10.0. The van der Waals surface area contributed by atoms with Crippen molar-refractivity contribution < 1.29 is 28.7 Å². The maximum Gasteiger partial charge on any atom is 0.262 e. The fourth-order valence-corrected chi connectivity index (χ4v) is 4.50. The maximum absolute atomic E-state index is 12.9. The van der Waals surface area contributed by atoms with Crippen molar-refractivity contribution >= 4 is 23.5 Å². The summed E-state index contributed by atoms with van der Waals surface area (Å²) >= 11 is 0. The minimum atomic E-state index is -0.795. The Hall–Kier alpha value is -3.68. The van der Waals surface area contributed by atoms with E-state index >= 15 is 0 Å². The molecular weight excluding hydrogens is 400 g/mol. The van der Waals surface area contributed by atoms with E-state index in [4.69, 9.17) is 9.47 Å². The molecule has 3 heterocycles. The molecule has 1 unspecified atom stereocenters. The van der Waals surface area contributed by atoms with Crippen LogP contribution in [0.25, 0.3) is 0 Å². The molecule has 0 radical (unpaired) electrons. The van der Waals surface area contributed by atoms with Crippen LogP contribution in [-0.4, -0.2) is 65.6 Å². The fourth-order valence-electron chi connectivity index (χ4n) is 4.50. The molecule has 1 saturated heterocycles. The van der Waals surface area contributed by atoms with Gasteiger partial charge in [0, 0.05) is 13.0 Å². The van der Waals surface area contributed by atoms with Crippen LogP contribution in [0.2, 0.25) is 0 Å². The van der Waals surface area contributed by atoms with E-state index in [2.05, 4.69) is 0 Å². The lowest BCUT2D eigenvalue weighted by Crippen LogP contribution is -2.47. The zero-order valence-electron chi connectivity index (χ0n) is 16.9. The van der Waals surface area contributed by atoms with Crippen LogP contribution in [0.4, 0.5) is 0 Å². The predicted molar refractivity (Wildman–Crippen MR) is 108 cm³/mol. The Morgan fingerprint density at radius 1 is 1.06 bits per heavy atom. The van der Waals surface area contributed by atoms with Gasteiger partial charge in [-0.15, -0.1) is 0 Å². The number of ether oxygens (including phenoxy) is 2. The van der Waals surface area contributed by atoms with Crippen molar-refractivity contribution in [2.75, 3.05) is 26.7 Å². The first-order valence-electron chi connectivity index (χ1n) is 10.0. The van der Waals surface area contributed by atoms with Gasteiger partial charge in [0.05, 0.1) is 36.8 Å².